The van der Waals surface area contributed by atoms with Crippen molar-refractivity contribution in [3.05, 3.63) is 30.2 Å². The van der Waals surface area contributed by atoms with Crippen LogP contribution in [0.25, 0.3) is 11.4 Å². The number of ether oxygens (including phenoxy) is 1. The lowest BCUT2D eigenvalue weighted by molar-refractivity contribution is -0.274. The zero-order chi connectivity index (χ0) is 20.3. The van der Waals surface area contributed by atoms with E-state index in [0.717, 1.165) is 0 Å². The van der Waals surface area contributed by atoms with Crippen molar-refractivity contribution in [2.45, 2.75) is 31.8 Å². The van der Waals surface area contributed by atoms with Crippen molar-refractivity contribution in [1.82, 2.24) is 25.7 Å². The maximum absolute atomic E-state index is 12.2. The van der Waals surface area contributed by atoms with Gasteiger partial charge in [-0.25, -0.2) is 4.79 Å². The van der Waals surface area contributed by atoms with Gasteiger partial charge >= 0.3 is 12.4 Å². The lowest BCUT2D eigenvalue weighted by Gasteiger charge is -2.14. The Labute approximate surface area is 159 Å². The van der Waals surface area contributed by atoms with Crippen molar-refractivity contribution in [3.63, 3.8) is 0 Å². The van der Waals surface area contributed by atoms with Crippen molar-refractivity contribution in [2.24, 2.45) is 0 Å². The summed E-state index contributed by atoms with van der Waals surface area (Å²) in [6.45, 7) is 3.01. The van der Waals surface area contributed by atoms with Crippen LogP contribution in [0.4, 0.5) is 18.0 Å². The third kappa shape index (κ3) is 4.91. The number of hydrogen-bond donors (Lipinski definition) is 2. The standard InChI is InChI=1S/C17H20F3N5O3/c1-3-21-16(26)22-11-8-13(25(2)9-11)15-23-14(24-28-15)10-4-6-12(7-5-10)27-17(18,19)20/h4-7,11,13H,3,8-9H2,1-2H3,(H2,21,22,26)/t11-,13-/m0/s1. The Balaban J connectivity index is 1.66. The third-order valence-electron chi connectivity index (χ3n) is 4.29. The molecule has 8 nitrogen and oxygen atoms in total. The van der Waals surface area contributed by atoms with E-state index >= 15 is 0 Å². The van der Waals surface area contributed by atoms with Crippen LogP contribution in [-0.2, 0) is 0 Å². The molecule has 1 aromatic carbocycles. The SMILES string of the molecule is CCNC(=O)N[C@H]1C[C@@H](c2nc(-c3ccc(OC(F)(F)F)cc3)no2)N(C)C1. The molecule has 0 radical (unpaired) electrons. The molecule has 28 heavy (non-hydrogen) atoms. The highest BCUT2D eigenvalue weighted by Gasteiger charge is 2.35. The first kappa shape index (κ1) is 19.9. The van der Waals surface area contributed by atoms with Gasteiger partial charge in [0.05, 0.1) is 6.04 Å². The van der Waals surface area contributed by atoms with E-state index in [-0.39, 0.29) is 29.7 Å². The number of aromatic nitrogens is 2. The Kier molecular flexibility index (Phi) is 5.73. The van der Waals surface area contributed by atoms with Gasteiger partial charge < -0.3 is 19.9 Å². The maximum Gasteiger partial charge on any atom is 0.573 e. The Hall–Kier alpha value is -2.82. The number of likely N-dealkylation sites (tertiary alicyclic amines) is 1. The number of alkyl halides is 3. The summed E-state index contributed by atoms with van der Waals surface area (Å²) in [5.74, 6) is 0.324. The molecule has 0 bridgehead atoms. The van der Waals surface area contributed by atoms with Crippen molar-refractivity contribution < 1.29 is 27.2 Å². The predicted molar refractivity (Wildman–Crippen MR) is 92.4 cm³/mol. The summed E-state index contributed by atoms with van der Waals surface area (Å²) in [5.41, 5.74) is 0.502. The second kappa shape index (κ2) is 8.05. The Morgan fingerprint density at radius 3 is 2.71 bits per heavy atom. The summed E-state index contributed by atoms with van der Waals surface area (Å²) in [6.07, 6.45) is -4.14. The average molecular weight is 399 g/mol. The van der Waals surface area contributed by atoms with Crippen molar-refractivity contribution in [3.8, 4) is 17.1 Å². The minimum atomic E-state index is -4.74. The largest absolute Gasteiger partial charge is 0.573 e. The van der Waals surface area contributed by atoms with Crippen LogP contribution < -0.4 is 15.4 Å². The topological polar surface area (TPSA) is 92.5 Å². The van der Waals surface area contributed by atoms with Gasteiger partial charge in [-0.1, -0.05) is 5.16 Å². The molecule has 0 unspecified atom stereocenters. The molecule has 1 aliphatic heterocycles. The summed E-state index contributed by atoms with van der Waals surface area (Å²) >= 11 is 0. The van der Waals surface area contributed by atoms with E-state index in [1.807, 2.05) is 18.9 Å². The van der Waals surface area contributed by atoms with E-state index in [9.17, 15) is 18.0 Å². The van der Waals surface area contributed by atoms with Gasteiger partial charge in [-0.15, -0.1) is 13.2 Å². The van der Waals surface area contributed by atoms with Gasteiger partial charge in [-0.05, 0) is 44.7 Å². The minimum absolute atomic E-state index is 0.0595. The molecular weight excluding hydrogens is 379 g/mol. The molecule has 11 heteroatoms. The molecule has 1 fully saturated rings. The van der Waals surface area contributed by atoms with Crippen molar-refractivity contribution >= 4 is 6.03 Å². The number of rotatable bonds is 5. The van der Waals surface area contributed by atoms with Crippen LogP contribution in [0.5, 0.6) is 5.75 Å². The Morgan fingerprint density at radius 1 is 1.36 bits per heavy atom. The molecular formula is C17H20F3N5O3. The normalized spacial score (nSPS) is 20.2. The average Bonchev–Trinajstić information content (AvgIpc) is 3.21. The van der Waals surface area contributed by atoms with Gasteiger partial charge in [0, 0.05) is 24.7 Å². The summed E-state index contributed by atoms with van der Waals surface area (Å²) in [4.78, 5) is 18.0. The van der Waals surface area contributed by atoms with E-state index < -0.39 is 6.36 Å². The van der Waals surface area contributed by atoms with Gasteiger partial charge in [0.15, 0.2) is 0 Å². The summed E-state index contributed by atoms with van der Waals surface area (Å²) < 4.78 is 45.9. The fourth-order valence-corrected chi connectivity index (χ4v) is 3.08. The third-order valence-corrected chi connectivity index (χ3v) is 4.29. The van der Waals surface area contributed by atoms with E-state index in [4.69, 9.17) is 4.52 Å². The van der Waals surface area contributed by atoms with E-state index in [2.05, 4.69) is 25.5 Å². The second-order valence-electron chi connectivity index (χ2n) is 6.42. The van der Waals surface area contributed by atoms with Crippen LogP contribution in [0.15, 0.2) is 28.8 Å². The number of benzene rings is 1. The number of hydrogen-bond acceptors (Lipinski definition) is 6. The van der Waals surface area contributed by atoms with Gasteiger partial charge in [0.25, 0.3) is 0 Å². The molecule has 2 atom stereocenters. The van der Waals surface area contributed by atoms with Gasteiger partial charge in [0.1, 0.15) is 5.75 Å². The van der Waals surface area contributed by atoms with Crippen LogP contribution in [-0.4, -0.2) is 53.6 Å². The minimum Gasteiger partial charge on any atom is -0.406 e. The van der Waals surface area contributed by atoms with Crippen LogP contribution in [0, 0.1) is 0 Å². The molecule has 1 aliphatic rings. The highest BCUT2D eigenvalue weighted by atomic mass is 19.4. The zero-order valence-electron chi connectivity index (χ0n) is 15.3. The van der Waals surface area contributed by atoms with E-state index in [1.54, 1.807) is 0 Å². The van der Waals surface area contributed by atoms with Gasteiger partial charge in [-0.2, -0.15) is 4.98 Å². The predicted octanol–water partition coefficient (Wildman–Crippen LogP) is 2.70. The number of urea groups is 1. The number of halogens is 3. The lowest BCUT2D eigenvalue weighted by atomic mass is 10.1. The second-order valence-corrected chi connectivity index (χ2v) is 6.42. The van der Waals surface area contributed by atoms with Crippen molar-refractivity contribution in [1.29, 1.82) is 0 Å². The Morgan fingerprint density at radius 2 is 2.07 bits per heavy atom. The molecule has 2 amide bonds. The molecule has 2 aromatic rings. The highest BCUT2D eigenvalue weighted by molar-refractivity contribution is 5.74. The molecule has 0 spiro atoms. The quantitative estimate of drug-likeness (QED) is 0.803. The number of nitrogens with zero attached hydrogens (tertiary/aromatic N) is 3. The number of nitrogens with one attached hydrogen (secondary N) is 2. The molecule has 1 saturated heterocycles. The molecule has 2 heterocycles. The molecule has 1 aromatic heterocycles. The molecule has 0 saturated carbocycles. The first-order chi connectivity index (χ1) is 13.2. The lowest BCUT2D eigenvalue weighted by Crippen LogP contribution is -2.42. The van der Waals surface area contributed by atoms with E-state index in [0.29, 0.717) is 31.0 Å². The molecule has 0 aliphatic carbocycles. The van der Waals surface area contributed by atoms with Crippen LogP contribution in [0.1, 0.15) is 25.3 Å². The smallest absolute Gasteiger partial charge is 0.406 e. The number of carbonyl (C=O) groups is 1. The highest BCUT2D eigenvalue weighted by Crippen LogP contribution is 2.31. The van der Waals surface area contributed by atoms with Crippen LogP contribution in [0.3, 0.4) is 0 Å². The van der Waals surface area contributed by atoms with Crippen LogP contribution in [0.2, 0.25) is 0 Å². The fourth-order valence-electron chi connectivity index (χ4n) is 3.08. The number of carbonyl (C=O) groups excluding carboxylic acids is 1. The maximum atomic E-state index is 12.2. The number of amides is 2. The first-order valence-electron chi connectivity index (χ1n) is 8.69. The molecule has 2 N–H and O–H groups in total. The monoisotopic (exact) mass is 399 g/mol. The summed E-state index contributed by atoms with van der Waals surface area (Å²) in [7, 11) is 1.89. The fraction of sp³-hybridized carbons (Fsp3) is 0.471. The summed E-state index contributed by atoms with van der Waals surface area (Å²) in [6, 6.07) is 4.77. The van der Waals surface area contributed by atoms with Crippen molar-refractivity contribution in [2.75, 3.05) is 20.1 Å². The number of likely N-dealkylation sites (N-methyl/N-ethyl adjacent to an activating group) is 1. The Bertz CT molecular complexity index is 809. The summed E-state index contributed by atoms with van der Waals surface area (Å²) in [5, 5.41) is 9.48. The molecule has 152 valence electrons. The van der Waals surface area contributed by atoms with Crippen LogP contribution >= 0.6 is 0 Å². The van der Waals surface area contributed by atoms with Gasteiger partial charge in [-0.3, -0.25) is 4.90 Å². The van der Waals surface area contributed by atoms with E-state index in [1.165, 1.54) is 24.3 Å². The molecule has 3 rings (SSSR count). The van der Waals surface area contributed by atoms with Gasteiger partial charge in [0.2, 0.25) is 11.7 Å². The zero-order valence-corrected chi connectivity index (χ0v) is 15.3. The first-order valence-corrected chi connectivity index (χ1v) is 8.69.